The molecule has 1 aliphatic carbocycles. The summed E-state index contributed by atoms with van der Waals surface area (Å²) >= 11 is 2.15. The molecule has 2 aliphatic rings. The van der Waals surface area contributed by atoms with Crippen molar-refractivity contribution in [1.82, 2.24) is 0 Å². The van der Waals surface area contributed by atoms with Crippen molar-refractivity contribution < 1.29 is 36.9 Å². The van der Waals surface area contributed by atoms with Crippen molar-refractivity contribution >= 4 is 28.6 Å². The molecule has 0 spiro atoms. The maximum absolute atomic E-state index is 15.5. The highest BCUT2D eigenvalue weighted by molar-refractivity contribution is 14.1. The molecule has 4 nitrogen and oxygen atoms in total. The molecule has 9 heteroatoms. The van der Waals surface area contributed by atoms with Gasteiger partial charge in [-0.3, -0.25) is 4.79 Å². The fraction of sp³-hybridized carbons (Fsp3) is 0.875. The van der Waals surface area contributed by atoms with Gasteiger partial charge in [-0.05, 0) is 44.4 Å². The van der Waals surface area contributed by atoms with Crippen molar-refractivity contribution in [3.63, 3.8) is 0 Å². The number of aliphatic hydroxyl groups is 1. The minimum absolute atomic E-state index is 0.0439. The quantitative estimate of drug-likeness (QED) is 0.102. The van der Waals surface area contributed by atoms with Crippen LogP contribution in [-0.4, -0.2) is 52.8 Å². The summed E-state index contributed by atoms with van der Waals surface area (Å²) in [6, 6.07) is 0. The third-order valence-electron chi connectivity index (χ3n) is 7.46. The van der Waals surface area contributed by atoms with Crippen molar-refractivity contribution in [3.8, 4) is 0 Å². The average molecular weight is 592 g/mol. The van der Waals surface area contributed by atoms with E-state index in [2.05, 4.69) is 27.3 Å². The molecule has 0 aromatic carbocycles. The van der Waals surface area contributed by atoms with Crippen LogP contribution in [0.4, 0.5) is 17.6 Å². The van der Waals surface area contributed by atoms with E-state index in [1.165, 1.54) is 13.2 Å². The van der Waals surface area contributed by atoms with Crippen molar-refractivity contribution in [2.45, 2.75) is 100 Å². The lowest BCUT2D eigenvalue weighted by Gasteiger charge is -2.35. The van der Waals surface area contributed by atoms with Crippen LogP contribution in [0.3, 0.4) is 0 Å². The molecule has 1 saturated carbocycles. The lowest BCUT2D eigenvalue weighted by atomic mass is 9.77. The van der Waals surface area contributed by atoms with Gasteiger partial charge in [0.2, 0.25) is 0 Å². The van der Waals surface area contributed by atoms with E-state index in [0.717, 1.165) is 6.92 Å². The molecule has 1 aliphatic heterocycles. The summed E-state index contributed by atoms with van der Waals surface area (Å²) in [5.41, 5.74) is -2.24. The number of methoxy groups -OCH3 is 1. The van der Waals surface area contributed by atoms with E-state index >= 15 is 4.39 Å². The maximum atomic E-state index is 15.5. The molecule has 0 aromatic rings. The highest BCUT2D eigenvalue weighted by atomic mass is 127. The highest BCUT2D eigenvalue weighted by Crippen LogP contribution is 2.51. The number of hydrogen-bond donors (Lipinski definition) is 1. The lowest BCUT2D eigenvalue weighted by molar-refractivity contribution is -0.244. The standard InChI is InChI=1S/C24H37F4IO4/c1-5-6-12-23(3,24(26,27)28)18(30)11-10-15-14(2)13-17-20(15)21(25)22(33-17)16(29)8-7-9-19(31)32-4/h10-11,14-18,20-22,30H,5-9,12-13H2,1-4H3/t14-,15+,16?,17-,18-,20-,21+,22+,23?/m1/s1. The number of carbonyl (C=O) groups is 1. The van der Waals surface area contributed by atoms with Crippen LogP contribution < -0.4 is 0 Å². The van der Waals surface area contributed by atoms with Crippen LogP contribution in [0.5, 0.6) is 0 Å². The smallest absolute Gasteiger partial charge is 0.397 e. The summed E-state index contributed by atoms with van der Waals surface area (Å²) in [6.07, 6.45) is -2.70. The van der Waals surface area contributed by atoms with E-state index in [1.54, 1.807) is 6.08 Å². The molecule has 1 saturated heterocycles. The van der Waals surface area contributed by atoms with Gasteiger partial charge in [0, 0.05) is 16.3 Å². The van der Waals surface area contributed by atoms with Crippen molar-refractivity contribution in [3.05, 3.63) is 12.2 Å². The molecule has 192 valence electrons. The van der Waals surface area contributed by atoms with Crippen LogP contribution in [0.1, 0.15) is 65.7 Å². The van der Waals surface area contributed by atoms with E-state index in [0.29, 0.717) is 32.1 Å². The first-order chi connectivity index (χ1) is 15.4. The Morgan fingerprint density at radius 3 is 2.58 bits per heavy atom. The number of unbranched alkanes of at least 4 members (excludes halogenated alkanes) is 1. The van der Waals surface area contributed by atoms with Gasteiger partial charge in [0.05, 0.1) is 24.7 Å². The van der Waals surface area contributed by atoms with Crippen LogP contribution >= 0.6 is 22.6 Å². The summed E-state index contributed by atoms with van der Waals surface area (Å²) < 4.78 is 67.3. The van der Waals surface area contributed by atoms with Crippen LogP contribution in [0.15, 0.2) is 12.2 Å². The Kier molecular flexibility index (Phi) is 10.5. The Balaban J connectivity index is 2.07. The van der Waals surface area contributed by atoms with Gasteiger partial charge in [-0.15, -0.1) is 0 Å². The van der Waals surface area contributed by atoms with Gasteiger partial charge < -0.3 is 14.6 Å². The number of allylic oxidation sites excluding steroid dienone is 1. The molecule has 2 rings (SSSR count). The molecule has 2 unspecified atom stereocenters. The zero-order valence-electron chi connectivity index (χ0n) is 19.8. The number of carbonyl (C=O) groups excluding carboxylic acids is 1. The van der Waals surface area contributed by atoms with Crippen LogP contribution in [0, 0.1) is 23.2 Å². The number of aliphatic hydroxyl groups excluding tert-OH is 1. The topological polar surface area (TPSA) is 55.8 Å². The number of alkyl halides is 5. The molecular weight excluding hydrogens is 555 g/mol. The Labute approximate surface area is 208 Å². The summed E-state index contributed by atoms with van der Waals surface area (Å²) in [6.45, 7) is 4.82. The first-order valence-electron chi connectivity index (χ1n) is 11.8. The Morgan fingerprint density at radius 1 is 1.33 bits per heavy atom. The third kappa shape index (κ3) is 6.63. The predicted molar refractivity (Wildman–Crippen MR) is 127 cm³/mol. The predicted octanol–water partition coefficient (Wildman–Crippen LogP) is 6.19. The molecule has 2 fully saturated rings. The van der Waals surface area contributed by atoms with Crippen molar-refractivity contribution in [2.75, 3.05) is 7.11 Å². The van der Waals surface area contributed by atoms with Crippen LogP contribution in [0.25, 0.3) is 0 Å². The van der Waals surface area contributed by atoms with E-state index < -0.39 is 35.9 Å². The second kappa shape index (κ2) is 12.0. The molecule has 0 amide bonds. The number of ether oxygens (including phenoxy) is 2. The lowest BCUT2D eigenvalue weighted by Crippen LogP contribution is -2.44. The molecule has 1 heterocycles. The Morgan fingerprint density at radius 2 is 2.00 bits per heavy atom. The van der Waals surface area contributed by atoms with Gasteiger partial charge in [0.15, 0.2) is 0 Å². The first-order valence-corrected chi connectivity index (χ1v) is 13.1. The average Bonchev–Trinajstić information content (AvgIpc) is 3.23. The zero-order valence-corrected chi connectivity index (χ0v) is 21.9. The fourth-order valence-corrected chi connectivity index (χ4v) is 6.13. The van der Waals surface area contributed by atoms with E-state index in [-0.39, 0.29) is 40.7 Å². The largest absolute Gasteiger partial charge is 0.469 e. The summed E-state index contributed by atoms with van der Waals surface area (Å²) in [5, 5.41) is 10.5. The van der Waals surface area contributed by atoms with Gasteiger partial charge in [0.1, 0.15) is 12.3 Å². The van der Waals surface area contributed by atoms with E-state index in [1.807, 2.05) is 13.8 Å². The highest BCUT2D eigenvalue weighted by Gasteiger charge is 2.56. The number of rotatable bonds is 11. The summed E-state index contributed by atoms with van der Waals surface area (Å²) in [5.74, 6) is -1.00. The van der Waals surface area contributed by atoms with Gasteiger partial charge in [0.25, 0.3) is 0 Å². The van der Waals surface area contributed by atoms with E-state index in [4.69, 9.17) is 4.74 Å². The molecule has 33 heavy (non-hydrogen) atoms. The second-order valence-corrected chi connectivity index (χ2v) is 11.4. The molecule has 0 radical (unpaired) electrons. The zero-order chi connectivity index (χ0) is 25.0. The summed E-state index contributed by atoms with van der Waals surface area (Å²) in [7, 11) is 1.33. The van der Waals surface area contributed by atoms with Crippen molar-refractivity contribution in [1.29, 1.82) is 0 Å². The normalized spacial score (nSPS) is 33.6. The number of halogens is 5. The SMILES string of the molecule is CCCCC(C)([C@H](O)C=C[C@@H]1[C@H]2[C@H](F)[C@H](C(I)CCCC(=O)OC)O[C@@H]2C[C@H]1C)C(F)(F)F. The minimum atomic E-state index is -4.54. The third-order valence-corrected chi connectivity index (χ3v) is 8.79. The minimum Gasteiger partial charge on any atom is -0.469 e. The monoisotopic (exact) mass is 592 g/mol. The van der Waals surface area contributed by atoms with Crippen LogP contribution in [0.2, 0.25) is 0 Å². The van der Waals surface area contributed by atoms with E-state index in [9.17, 15) is 23.1 Å². The fourth-order valence-electron chi connectivity index (χ4n) is 5.13. The van der Waals surface area contributed by atoms with Gasteiger partial charge in [-0.1, -0.05) is 61.4 Å². The molecule has 9 atom stereocenters. The van der Waals surface area contributed by atoms with Crippen molar-refractivity contribution in [2.24, 2.45) is 23.2 Å². The number of esters is 1. The van der Waals surface area contributed by atoms with Gasteiger partial charge >= 0.3 is 12.1 Å². The Hall–Kier alpha value is -0.420. The summed E-state index contributed by atoms with van der Waals surface area (Å²) in [4.78, 5) is 11.3. The second-order valence-electron chi connectivity index (χ2n) is 9.78. The number of fused-ring (bicyclic) bond motifs is 1. The molecule has 0 aromatic heterocycles. The van der Waals surface area contributed by atoms with Gasteiger partial charge in [-0.25, -0.2) is 4.39 Å². The maximum Gasteiger partial charge on any atom is 0.397 e. The first kappa shape index (κ1) is 28.8. The Bertz CT molecular complexity index is 673. The van der Waals surface area contributed by atoms with Crippen LogP contribution in [-0.2, 0) is 14.3 Å². The van der Waals surface area contributed by atoms with Gasteiger partial charge in [-0.2, -0.15) is 13.2 Å². The number of hydrogen-bond acceptors (Lipinski definition) is 4. The molecular formula is C24H37F4IO4. The molecule has 0 bridgehead atoms. The molecule has 1 N–H and O–H groups in total.